The number of hydrogen-bond acceptors (Lipinski definition) is 3. The van der Waals surface area contributed by atoms with E-state index in [1.54, 1.807) is 0 Å². The molecule has 1 aliphatic rings. The Balaban J connectivity index is 2.25. The van der Waals surface area contributed by atoms with Crippen LogP contribution in [0.1, 0.15) is 17.5 Å². The van der Waals surface area contributed by atoms with Crippen LogP contribution < -0.4 is 0 Å². The summed E-state index contributed by atoms with van der Waals surface area (Å²) >= 11 is 0. The molecule has 2 rings (SSSR count). The highest BCUT2D eigenvalue weighted by atomic mass is 32.2. The number of nitrogens with zero attached hydrogens (tertiary/aromatic N) is 2. The van der Waals surface area contributed by atoms with Crippen molar-refractivity contribution in [2.45, 2.75) is 13.0 Å². The molecule has 1 heterocycles. The molecule has 0 unspecified atom stereocenters. The van der Waals surface area contributed by atoms with Crippen LogP contribution in [0.3, 0.4) is 0 Å². The number of nitriles is 1. The highest BCUT2D eigenvalue weighted by molar-refractivity contribution is 7.89. The molecule has 1 fully saturated rings. The zero-order valence-electron chi connectivity index (χ0n) is 9.06. The average molecular weight is 254 g/mol. The van der Waals surface area contributed by atoms with Gasteiger partial charge in [-0.2, -0.15) is 9.57 Å². The molecule has 1 aromatic rings. The third-order valence-corrected chi connectivity index (χ3v) is 4.55. The predicted molar refractivity (Wildman–Crippen MR) is 59.9 cm³/mol. The number of halogens is 1. The van der Waals surface area contributed by atoms with Crippen molar-refractivity contribution in [1.29, 1.82) is 5.26 Å². The van der Waals surface area contributed by atoms with Gasteiger partial charge < -0.3 is 0 Å². The first-order valence-corrected chi connectivity index (χ1v) is 6.79. The van der Waals surface area contributed by atoms with E-state index in [4.69, 9.17) is 5.26 Å². The molecule has 0 saturated carbocycles. The number of hydrogen-bond donors (Lipinski definition) is 0. The van der Waals surface area contributed by atoms with Crippen LogP contribution in [-0.2, 0) is 16.6 Å². The van der Waals surface area contributed by atoms with Crippen LogP contribution in [0.15, 0.2) is 18.2 Å². The van der Waals surface area contributed by atoms with Gasteiger partial charge in [-0.1, -0.05) is 0 Å². The Hall–Kier alpha value is -1.45. The second-order valence-electron chi connectivity index (χ2n) is 3.96. The Labute approximate surface area is 99.3 Å². The van der Waals surface area contributed by atoms with Crippen LogP contribution in [0.2, 0.25) is 0 Å². The molecule has 1 saturated heterocycles. The molecule has 0 aliphatic carbocycles. The fourth-order valence-electron chi connectivity index (χ4n) is 1.88. The maximum Gasteiger partial charge on any atom is 0.214 e. The van der Waals surface area contributed by atoms with Crippen LogP contribution in [0.25, 0.3) is 0 Å². The Morgan fingerprint density at radius 2 is 2.18 bits per heavy atom. The summed E-state index contributed by atoms with van der Waals surface area (Å²) in [5.74, 6) is -0.372. The minimum absolute atomic E-state index is 0.134. The first-order chi connectivity index (χ1) is 8.01. The lowest BCUT2D eigenvalue weighted by Crippen LogP contribution is -2.25. The van der Waals surface area contributed by atoms with E-state index >= 15 is 0 Å². The summed E-state index contributed by atoms with van der Waals surface area (Å²) in [6.07, 6.45) is 0.600. The molecule has 6 heteroatoms. The predicted octanol–water partition coefficient (Wildman–Crippen LogP) is 1.23. The maximum atomic E-state index is 13.2. The lowest BCUT2D eigenvalue weighted by molar-refractivity contribution is 0.438. The Kier molecular flexibility index (Phi) is 3.13. The fraction of sp³-hybridized carbons (Fsp3) is 0.364. The average Bonchev–Trinajstić information content (AvgIpc) is 2.57. The van der Waals surface area contributed by atoms with Crippen LogP contribution in [-0.4, -0.2) is 25.0 Å². The monoisotopic (exact) mass is 254 g/mol. The normalized spacial score (nSPS) is 19.1. The van der Waals surface area contributed by atoms with Crippen molar-refractivity contribution in [3.05, 3.63) is 35.1 Å². The molecule has 0 bridgehead atoms. The van der Waals surface area contributed by atoms with Gasteiger partial charge in [-0.3, -0.25) is 0 Å². The maximum absolute atomic E-state index is 13.2. The molecule has 0 spiro atoms. The highest BCUT2D eigenvalue weighted by Crippen LogP contribution is 2.18. The molecule has 90 valence electrons. The molecule has 0 N–H and O–H groups in total. The summed E-state index contributed by atoms with van der Waals surface area (Å²) in [6.45, 7) is 0.593. The third kappa shape index (κ3) is 2.62. The topological polar surface area (TPSA) is 61.2 Å². The van der Waals surface area contributed by atoms with Crippen molar-refractivity contribution in [3.8, 4) is 6.07 Å². The van der Waals surface area contributed by atoms with E-state index in [-0.39, 0.29) is 17.9 Å². The smallest absolute Gasteiger partial charge is 0.212 e. The number of sulfonamides is 1. The van der Waals surface area contributed by atoms with Crippen LogP contribution in [0, 0.1) is 17.1 Å². The van der Waals surface area contributed by atoms with Gasteiger partial charge in [0, 0.05) is 13.1 Å². The molecular formula is C11H11FN2O2S. The van der Waals surface area contributed by atoms with Crippen molar-refractivity contribution in [3.63, 3.8) is 0 Å². The lowest BCUT2D eigenvalue weighted by Gasteiger charge is -2.14. The van der Waals surface area contributed by atoms with Gasteiger partial charge in [0.15, 0.2) is 0 Å². The Bertz CT molecular complexity index is 578. The van der Waals surface area contributed by atoms with Gasteiger partial charge in [0.2, 0.25) is 10.0 Å². The molecule has 0 aromatic heterocycles. The standard InChI is InChI=1S/C11H11FN2O2S/c12-11-5-9(7-13)4-10(6-11)8-14-2-1-3-17(14,15)16/h4-6H,1-3,8H2. The van der Waals surface area contributed by atoms with Crippen molar-refractivity contribution < 1.29 is 12.8 Å². The zero-order valence-corrected chi connectivity index (χ0v) is 9.87. The summed E-state index contributed by atoms with van der Waals surface area (Å²) in [6, 6.07) is 5.74. The van der Waals surface area contributed by atoms with Crippen LogP contribution in [0.5, 0.6) is 0 Å². The summed E-state index contributed by atoms with van der Waals surface area (Å²) in [4.78, 5) is 0. The van der Waals surface area contributed by atoms with E-state index in [9.17, 15) is 12.8 Å². The quantitative estimate of drug-likeness (QED) is 0.797. The second-order valence-corrected chi connectivity index (χ2v) is 6.05. The van der Waals surface area contributed by atoms with Gasteiger partial charge in [-0.05, 0) is 30.2 Å². The molecular weight excluding hydrogens is 243 g/mol. The molecule has 1 aromatic carbocycles. The summed E-state index contributed by atoms with van der Waals surface area (Å²) in [7, 11) is -3.19. The Morgan fingerprint density at radius 1 is 1.41 bits per heavy atom. The zero-order chi connectivity index (χ0) is 12.5. The largest absolute Gasteiger partial charge is 0.214 e. The van der Waals surface area contributed by atoms with Crippen molar-refractivity contribution >= 4 is 10.0 Å². The molecule has 0 amide bonds. The van der Waals surface area contributed by atoms with E-state index < -0.39 is 15.8 Å². The van der Waals surface area contributed by atoms with E-state index in [1.165, 1.54) is 16.4 Å². The summed E-state index contributed by atoms with van der Waals surface area (Å²) in [5, 5.41) is 8.70. The minimum Gasteiger partial charge on any atom is -0.212 e. The van der Waals surface area contributed by atoms with Crippen molar-refractivity contribution in [1.82, 2.24) is 4.31 Å². The van der Waals surface area contributed by atoms with E-state index in [0.29, 0.717) is 18.5 Å². The fourth-order valence-corrected chi connectivity index (χ4v) is 3.38. The van der Waals surface area contributed by atoms with E-state index in [2.05, 4.69) is 0 Å². The first-order valence-electron chi connectivity index (χ1n) is 5.19. The third-order valence-electron chi connectivity index (χ3n) is 2.65. The van der Waals surface area contributed by atoms with Gasteiger partial charge >= 0.3 is 0 Å². The minimum atomic E-state index is -3.19. The number of rotatable bonds is 2. The number of benzene rings is 1. The van der Waals surface area contributed by atoms with Crippen LogP contribution >= 0.6 is 0 Å². The molecule has 17 heavy (non-hydrogen) atoms. The van der Waals surface area contributed by atoms with E-state index in [0.717, 1.165) is 6.07 Å². The van der Waals surface area contributed by atoms with Gasteiger partial charge in [0.25, 0.3) is 0 Å². The van der Waals surface area contributed by atoms with Crippen molar-refractivity contribution in [2.75, 3.05) is 12.3 Å². The van der Waals surface area contributed by atoms with Crippen LogP contribution in [0.4, 0.5) is 4.39 Å². The molecule has 4 nitrogen and oxygen atoms in total. The second kappa shape index (κ2) is 4.43. The SMILES string of the molecule is N#Cc1cc(F)cc(CN2CCCS2(=O)=O)c1. The van der Waals surface area contributed by atoms with Crippen molar-refractivity contribution in [2.24, 2.45) is 0 Å². The first kappa shape index (κ1) is 12.0. The van der Waals surface area contributed by atoms with Gasteiger partial charge in [0.05, 0.1) is 17.4 Å². The van der Waals surface area contributed by atoms with Gasteiger partial charge in [-0.15, -0.1) is 0 Å². The molecule has 0 radical (unpaired) electrons. The van der Waals surface area contributed by atoms with Gasteiger partial charge in [0.1, 0.15) is 5.82 Å². The van der Waals surface area contributed by atoms with Gasteiger partial charge in [-0.25, -0.2) is 12.8 Å². The highest BCUT2D eigenvalue weighted by Gasteiger charge is 2.28. The lowest BCUT2D eigenvalue weighted by atomic mass is 10.1. The van der Waals surface area contributed by atoms with E-state index in [1.807, 2.05) is 6.07 Å². The Morgan fingerprint density at radius 3 is 2.76 bits per heavy atom. The molecule has 1 aliphatic heterocycles. The summed E-state index contributed by atoms with van der Waals surface area (Å²) in [5.41, 5.74) is 0.712. The molecule has 0 atom stereocenters. The summed E-state index contributed by atoms with van der Waals surface area (Å²) < 4.78 is 37.6.